The average Bonchev–Trinajstić information content (AvgIpc) is 2.57. The van der Waals surface area contributed by atoms with Crippen LogP contribution in [0.25, 0.3) is 0 Å². The van der Waals surface area contributed by atoms with Crippen molar-refractivity contribution in [3.8, 4) is 5.75 Å². The van der Waals surface area contributed by atoms with Gasteiger partial charge in [0.25, 0.3) is 5.91 Å². The second-order valence-corrected chi connectivity index (χ2v) is 5.29. The van der Waals surface area contributed by atoms with Crippen LogP contribution >= 0.6 is 11.6 Å². The van der Waals surface area contributed by atoms with Crippen molar-refractivity contribution in [1.29, 1.82) is 0 Å². The van der Waals surface area contributed by atoms with Gasteiger partial charge < -0.3 is 10.1 Å². The summed E-state index contributed by atoms with van der Waals surface area (Å²) in [6.07, 6.45) is 1.55. The number of amides is 1. The maximum Gasteiger partial charge on any atom is 0.262 e. The molecule has 5 nitrogen and oxygen atoms in total. The van der Waals surface area contributed by atoms with Crippen molar-refractivity contribution in [1.82, 2.24) is 5.43 Å². The van der Waals surface area contributed by atoms with Gasteiger partial charge in [0.05, 0.1) is 13.3 Å². The Morgan fingerprint density at radius 3 is 2.61 bits per heavy atom. The van der Waals surface area contributed by atoms with E-state index in [-0.39, 0.29) is 5.91 Å². The second kappa shape index (κ2) is 8.19. The molecule has 0 aliphatic rings. The van der Waals surface area contributed by atoms with Crippen LogP contribution in [0.5, 0.6) is 5.75 Å². The molecule has 6 heteroatoms. The highest BCUT2D eigenvalue weighted by Gasteiger charge is 2.11. The summed E-state index contributed by atoms with van der Waals surface area (Å²) >= 11 is 5.83. The maximum atomic E-state index is 12.0. The summed E-state index contributed by atoms with van der Waals surface area (Å²) < 4.78 is 5.21. The van der Waals surface area contributed by atoms with Crippen LogP contribution in [0.4, 0.5) is 5.69 Å². The Bertz CT molecular complexity index is 686. The third kappa shape index (κ3) is 5.00. The zero-order chi connectivity index (χ0) is 16.7. The van der Waals surface area contributed by atoms with Gasteiger partial charge in [0.2, 0.25) is 0 Å². The predicted octanol–water partition coefficient (Wildman–Crippen LogP) is 3.30. The lowest BCUT2D eigenvalue weighted by Gasteiger charge is -2.13. The molecule has 0 saturated carbocycles. The summed E-state index contributed by atoms with van der Waals surface area (Å²) in [7, 11) is 1.59. The molecule has 0 aliphatic heterocycles. The molecular weight excluding hydrogens is 314 g/mol. The molecule has 0 fully saturated rings. The number of benzene rings is 2. The smallest absolute Gasteiger partial charge is 0.262 e. The first-order chi connectivity index (χ1) is 11.1. The topological polar surface area (TPSA) is 62.7 Å². The molecule has 0 aromatic heterocycles. The van der Waals surface area contributed by atoms with E-state index in [1.54, 1.807) is 32.4 Å². The number of anilines is 1. The van der Waals surface area contributed by atoms with E-state index in [1.807, 2.05) is 36.4 Å². The molecule has 2 N–H and O–H groups in total. The second-order valence-electron chi connectivity index (χ2n) is 4.85. The van der Waals surface area contributed by atoms with Gasteiger partial charge in [-0.05, 0) is 43.3 Å². The molecule has 0 unspecified atom stereocenters. The molecule has 1 amide bonds. The normalized spacial score (nSPS) is 12.0. The van der Waals surface area contributed by atoms with Crippen molar-refractivity contribution >= 4 is 29.4 Å². The van der Waals surface area contributed by atoms with Gasteiger partial charge in [-0.1, -0.05) is 23.7 Å². The Morgan fingerprint density at radius 1 is 1.22 bits per heavy atom. The van der Waals surface area contributed by atoms with E-state index in [2.05, 4.69) is 15.8 Å². The van der Waals surface area contributed by atoms with Crippen molar-refractivity contribution in [2.24, 2.45) is 5.10 Å². The molecule has 0 aliphatic carbocycles. The summed E-state index contributed by atoms with van der Waals surface area (Å²) in [4.78, 5) is 12.0. The third-order valence-corrected chi connectivity index (χ3v) is 3.39. The van der Waals surface area contributed by atoms with E-state index in [9.17, 15) is 4.79 Å². The van der Waals surface area contributed by atoms with Crippen molar-refractivity contribution in [3.05, 3.63) is 59.1 Å². The van der Waals surface area contributed by atoms with Crippen molar-refractivity contribution < 1.29 is 9.53 Å². The summed E-state index contributed by atoms with van der Waals surface area (Å²) in [5.74, 6) is 0.448. The van der Waals surface area contributed by atoms with Crippen LogP contribution in [0.15, 0.2) is 53.6 Å². The van der Waals surface area contributed by atoms with Crippen LogP contribution in [-0.2, 0) is 4.79 Å². The fourth-order valence-corrected chi connectivity index (χ4v) is 2.02. The first-order valence-electron chi connectivity index (χ1n) is 7.08. The highest BCUT2D eigenvalue weighted by Crippen LogP contribution is 2.15. The van der Waals surface area contributed by atoms with Gasteiger partial charge in [-0.3, -0.25) is 4.79 Å². The average molecular weight is 332 g/mol. The Morgan fingerprint density at radius 2 is 1.91 bits per heavy atom. The number of hydrogen-bond donors (Lipinski definition) is 2. The summed E-state index contributed by atoms with van der Waals surface area (Å²) in [5.41, 5.74) is 4.10. The van der Waals surface area contributed by atoms with E-state index in [0.29, 0.717) is 10.8 Å². The van der Waals surface area contributed by atoms with Crippen molar-refractivity contribution in [3.63, 3.8) is 0 Å². The number of carbonyl (C=O) groups excluding carboxylic acids is 1. The first-order valence-corrected chi connectivity index (χ1v) is 7.46. The summed E-state index contributed by atoms with van der Waals surface area (Å²) in [6, 6.07) is 14.1. The molecular formula is C17H18ClN3O2. The van der Waals surface area contributed by atoms with Crippen molar-refractivity contribution in [2.45, 2.75) is 13.0 Å². The Balaban J connectivity index is 1.90. The lowest BCUT2D eigenvalue weighted by molar-refractivity contribution is -0.121. The molecule has 120 valence electrons. The number of nitrogens with one attached hydrogen (secondary N) is 2. The number of carbonyl (C=O) groups is 1. The minimum atomic E-state index is -0.439. The van der Waals surface area contributed by atoms with Gasteiger partial charge in [0.15, 0.2) is 0 Å². The van der Waals surface area contributed by atoms with Gasteiger partial charge in [-0.2, -0.15) is 5.10 Å². The lowest BCUT2D eigenvalue weighted by Crippen LogP contribution is -2.34. The van der Waals surface area contributed by atoms with Gasteiger partial charge in [-0.15, -0.1) is 0 Å². The molecule has 2 rings (SSSR count). The third-order valence-electron chi connectivity index (χ3n) is 3.14. The standard InChI is InChI=1S/C17H18ClN3O2/c1-12(20-15-9-7-14(18)8-10-15)17(22)21-19-11-13-5-3-4-6-16(13)23-2/h3-12,20H,1-2H3,(H,21,22)/b19-11-/t12-/m0/s1. The zero-order valence-electron chi connectivity index (χ0n) is 12.9. The van der Waals surface area contributed by atoms with E-state index in [1.165, 1.54) is 0 Å². The van der Waals surface area contributed by atoms with Gasteiger partial charge in [-0.25, -0.2) is 5.43 Å². The van der Waals surface area contributed by atoms with Crippen LogP contribution in [-0.4, -0.2) is 25.3 Å². The number of hydrazone groups is 1. The SMILES string of the molecule is COc1ccccc1/C=N\NC(=O)[C@H](C)Nc1ccc(Cl)cc1. The van der Waals surface area contributed by atoms with Crippen LogP contribution < -0.4 is 15.5 Å². The Kier molecular flexibility index (Phi) is 6.00. The molecule has 0 radical (unpaired) electrons. The number of ether oxygens (including phenoxy) is 1. The monoisotopic (exact) mass is 331 g/mol. The first kappa shape index (κ1) is 16.8. The van der Waals surface area contributed by atoms with Crippen LogP contribution in [0.3, 0.4) is 0 Å². The summed E-state index contributed by atoms with van der Waals surface area (Å²) in [6.45, 7) is 1.75. The number of hydrogen-bond acceptors (Lipinski definition) is 4. The van der Waals surface area contributed by atoms with E-state index in [0.717, 1.165) is 11.3 Å². The lowest BCUT2D eigenvalue weighted by atomic mass is 10.2. The fourth-order valence-electron chi connectivity index (χ4n) is 1.90. The number of methoxy groups -OCH3 is 1. The maximum absolute atomic E-state index is 12.0. The van der Waals surface area contributed by atoms with E-state index in [4.69, 9.17) is 16.3 Å². The van der Waals surface area contributed by atoms with Gasteiger partial charge in [0, 0.05) is 16.3 Å². The number of para-hydroxylation sites is 1. The fraction of sp³-hybridized carbons (Fsp3) is 0.176. The minimum absolute atomic E-state index is 0.244. The molecule has 0 spiro atoms. The highest BCUT2D eigenvalue weighted by atomic mass is 35.5. The van der Waals surface area contributed by atoms with E-state index < -0.39 is 6.04 Å². The minimum Gasteiger partial charge on any atom is -0.496 e. The molecule has 2 aromatic rings. The van der Waals surface area contributed by atoms with Gasteiger partial charge in [0.1, 0.15) is 11.8 Å². The van der Waals surface area contributed by atoms with E-state index >= 15 is 0 Å². The van der Waals surface area contributed by atoms with Crippen LogP contribution in [0.2, 0.25) is 5.02 Å². The quantitative estimate of drug-likeness (QED) is 0.630. The molecule has 0 bridgehead atoms. The molecule has 0 heterocycles. The Labute approximate surface area is 140 Å². The number of rotatable bonds is 6. The largest absolute Gasteiger partial charge is 0.496 e. The van der Waals surface area contributed by atoms with Crippen molar-refractivity contribution in [2.75, 3.05) is 12.4 Å². The zero-order valence-corrected chi connectivity index (χ0v) is 13.7. The number of nitrogens with zero attached hydrogens (tertiary/aromatic N) is 1. The summed E-state index contributed by atoms with van der Waals surface area (Å²) in [5, 5.41) is 7.68. The van der Waals surface area contributed by atoms with Crippen LogP contribution in [0, 0.1) is 0 Å². The van der Waals surface area contributed by atoms with Gasteiger partial charge >= 0.3 is 0 Å². The molecule has 2 aromatic carbocycles. The molecule has 0 saturated heterocycles. The molecule has 23 heavy (non-hydrogen) atoms. The predicted molar refractivity (Wildman–Crippen MR) is 93.3 cm³/mol. The number of halogens is 1. The Hall–Kier alpha value is -2.53. The molecule has 1 atom stereocenters. The highest BCUT2D eigenvalue weighted by molar-refractivity contribution is 6.30. The van der Waals surface area contributed by atoms with Crippen LogP contribution in [0.1, 0.15) is 12.5 Å².